The van der Waals surface area contributed by atoms with E-state index < -0.39 is 0 Å². The summed E-state index contributed by atoms with van der Waals surface area (Å²) in [6.07, 6.45) is 6.32. The molecule has 0 bridgehead atoms. The maximum atomic E-state index is 5.27. The topological polar surface area (TPSA) is 3.24 Å². The van der Waals surface area contributed by atoms with E-state index in [1.54, 1.807) is 0 Å². The third kappa shape index (κ3) is 4.88. The molecule has 0 aliphatic carbocycles. The van der Waals surface area contributed by atoms with E-state index in [2.05, 4.69) is 49.1 Å². The summed E-state index contributed by atoms with van der Waals surface area (Å²) in [4.78, 5) is 2.19. The van der Waals surface area contributed by atoms with Crippen molar-refractivity contribution in [2.45, 2.75) is 19.4 Å². The van der Waals surface area contributed by atoms with Crippen molar-refractivity contribution < 1.29 is 13.8 Å². The summed E-state index contributed by atoms with van der Waals surface area (Å²) in [5.74, 6) is 2.66. The molecule has 0 heterocycles. The smallest absolute Gasteiger partial charge is 1.00 e. The minimum atomic E-state index is 0. The Kier molecular flexibility index (Phi) is 6.86. The Morgan fingerprint density at radius 2 is 2.00 bits per heavy atom. The van der Waals surface area contributed by atoms with Crippen LogP contribution in [0, 0.1) is 12.3 Å². The fraction of sp³-hybridized carbons (Fsp3) is 0.385. The Morgan fingerprint density at radius 3 is 2.53 bits per heavy atom. The van der Waals surface area contributed by atoms with Gasteiger partial charge in [0.2, 0.25) is 0 Å². The maximum Gasteiger partial charge on any atom is 1.00 e. The van der Waals surface area contributed by atoms with E-state index in [9.17, 15) is 0 Å². The molecular weight excluding hydrogens is 206 g/mol. The van der Waals surface area contributed by atoms with Crippen molar-refractivity contribution in [3.8, 4) is 12.3 Å². The molecule has 0 saturated heterocycles. The Bertz CT molecular complexity index is 307. The van der Waals surface area contributed by atoms with Gasteiger partial charge in [-0.1, -0.05) is 36.3 Å². The summed E-state index contributed by atoms with van der Waals surface area (Å²) < 4.78 is 0. The molecular formula is C13H18ClN. The molecule has 0 amide bonds. The highest BCUT2D eigenvalue weighted by molar-refractivity contribution is 5.15. The number of nitrogens with zero attached hydrogens (tertiary/aromatic N) is 1. The quantitative estimate of drug-likeness (QED) is 0.611. The summed E-state index contributed by atoms with van der Waals surface area (Å²) in [6.45, 7) is 2.92. The van der Waals surface area contributed by atoms with Gasteiger partial charge < -0.3 is 12.4 Å². The first-order chi connectivity index (χ1) is 6.74. The second-order valence-electron chi connectivity index (χ2n) is 3.66. The standard InChI is InChI=1S/C13H17N.ClH/c1-4-10-14(3)12(2)11-13-8-6-5-7-9-13;/h1,5-9,12H,10-11H2,2-3H3;1H. The second-order valence-corrected chi connectivity index (χ2v) is 3.66. The van der Waals surface area contributed by atoms with Crippen LogP contribution in [0.25, 0.3) is 0 Å². The van der Waals surface area contributed by atoms with Gasteiger partial charge >= 0.3 is 1.43 Å². The Hall–Kier alpha value is -0.970. The molecule has 1 atom stereocenters. The van der Waals surface area contributed by atoms with Crippen molar-refractivity contribution in [1.82, 2.24) is 4.90 Å². The Labute approximate surface area is 100 Å². The van der Waals surface area contributed by atoms with E-state index in [-0.39, 0.29) is 13.8 Å². The van der Waals surface area contributed by atoms with E-state index in [0.717, 1.165) is 6.42 Å². The molecule has 1 unspecified atom stereocenters. The summed E-state index contributed by atoms with van der Waals surface area (Å²) in [7, 11) is 2.06. The van der Waals surface area contributed by atoms with Crippen LogP contribution in [-0.2, 0) is 6.42 Å². The molecule has 0 radical (unpaired) electrons. The van der Waals surface area contributed by atoms with Gasteiger partial charge in [0.1, 0.15) is 0 Å². The van der Waals surface area contributed by atoms with Crippen LogP contribution >= 0.6 is 0 Å². The van der Waals surface area contributed by atoms with E-state index in [4.69, 9.17) is 6.42 Å². The normalized spacial score (nSPS) is 11.6. The summed E-state index contributed by atoms with van der Waals surface area (Å²) in [6, 6.07) is 11.0. The molecule has 0 aliphatic heterocycles. The highest BCUT2D eigenvalue weighted by Crippen LogP contribution is 2.06. The third-order valence-electron chi connectivity index (χ3n) is 2.47. The van der Waals surface area contributed by atoms with Crippen molar-refractivity contribution in [1.29, 1.82) is 0 Å². The fourth-order valence-corrected chi connectivity index (χ4v) is 1.41. The number of benzene rings is 1. The van der Waals surface area contributed by atoms with Crippen LogP contribution in [0.5, 0.6) is 0 Å². The van der Waals surface area contributed by atoms with Gasteiger partial charge in [0.25, 0.3) is 0 Å². The number of terminal acetylenes is 1. The lowest BCUT2D eigenvalue weighted by molar-refractivity contribution is -0.00000305. The number of hydrogen-bond acceptors (Lipinski definition) is 1. The first-order valence-electron chi connectivity index (χ1n) is 4.91. The zero-order chi connectivity index (χ0) is 10.4. The molecule has 82 valence electrons. The van der Waals surface area contributed by atoms with Crippen LogP contribution in [0.3, 0.4) is 0 Å². The molecule has 0 spiro atoms. The highest BCUT2D eigenvalue weighted by Gasteiger charge is 2.07. The largest absolute Gasteiger partial charge is 1.00 e. The average Bonchev–Trinajstić information content (AvgIpc) is 2.19. The zero-order valence-electron chi connectivity index (χ0n) is 10.3. The van der Waals surface area contributed by atoms with E-state index in [0.29, 0.717) is 12.6 Å². The lowest BCUT2D eigenvalue weighted by atomic mass is 10.1. The molecule has 1 nitrogen and oxygen atoms in total. The van der Waals surface area contributed by atoms with Gasteiger partial charge in [0.15, 0.2) is 0 Å². The zero-order valence-corrected chi connectivity index (χ0v) is 10.0. The lowest BCUT2D eigenvalue weighted by Gasteiger charge is -2.22. The highest BCUT2D eigenvalue weighted by atomic mass is 35.5. The van der Waals surface area contributed by atoms with Crippen LogP contribution in [0.2, 0.25) is 0 Å². The molecule has 2 heteroatoms. The minimum Gasteiger partial charge on any atom is -1.00 e. The molecule has 1 aromatic carbocycles. The van der Waals surface area contributed by atoms with Crippen molar-refractivity contribution in [3.05, 3.63) is 35.9 Å². The maximum absolute atomic E-state index is 5.27. The minimum absolute atomic E-state index is 0. The van der Waals surface area contributed by atoms with Gasteiger partial charge in [-0.25, -0.2) is 0 Å². The lowest BCUT2D eigenvalue weighted by Crippen LogP contribution is -3.00. The van der Waals surface area contributed by atoms with Gasteiger partial charge in [-0.15, -0.1) is 6.42 Å². The van der Waals surface area contributed by atoms with Crippen molar-refractivity contribution >= 4 is 0 Å². The Morgan fingerprint density at radius 1 is 1.40 bits per heavy atom. The van der Waals surface area contributed by atoms with Crippen molar-refractivity contribution in [2.75, 3.05) is 13.6 Å². The van der Waals surface area contributed by atoms with Crippen molar-refractivity contribution in [2.24, 2.45) is 0 Å². The first kappa shape index (κ1) is 14.0. The SMILES string of the molecule is C#CCN(C)C(C)Cc1ccccc1.[Cl-].[H+]. The van der Waals surface area contributed by atoms with E-state index in [1.807, 2.05) is 6.07 Å². The predicted molar refractivity (Wildman–Crippen MR) is 62.2 cm³/mol. The van der Waals surface area contributed by atoms with Gasteiger partial charge in [-0.05, 0) is 26.0 Å². The van der Waals surface area contributed by atoms with Crippen LogP contribution < -0.4 is 12.4 Å². The van der Waals surface area contributed by atoms with Crippen molar-refractivity contribution in [3.63, 3.8) is 0 Å². The van der Waals surface area contributed by atoms with Gasteiger partial charge in [-0.3, -0.25) is 4.90 Å². The molecule has 0 N–H and O–H groups in total. The average molecular weight is 224 g/mol. The number of likely N-dealkylation sites (N-methyl/N-ethyl adjacent to an activating group) is 1. The van der Waals surface area contributed by atoms with Gasteiger partial charge in [0, 0.05) is 6.04 Å². The number of halogens is 1. The molecule has 15 heavy (non-hydrogen) atoms. The third-order valence-corrected chi connectivity index (χ3v) is 2.47. The molecule has 0 fully saturated rings. The van der Waals surface area contributed by atoms with Crippen LogP contribution in [0.1, 0.15) is 13.9 Å². The van der Waals surface area contributed by atoms with Crippen LogP contribution in [0.4, 0.5) is 0 Å². The summed E-state index contributed by atoms with van der Waals surface area (Å²) in [5, 5.41) is 0. The van der Waals surface area contributed by atoms with Crippen LogP contribution in [-0.4, -0.2) is 24.5 Å². The monoisotopic (exact) mass is 223 g/mol. The molecule has 0 saturated carbocycles. The van der Waals surface area contributed by atoms with Gasteiger partial charge in [-0.2, -0.15) is 0 Å². The molecule has 1 aromatic rings. The fourth-order valence-electron chi connectivity index (χ4n) is 1.41. The number of hydrogen-bond donors (Lipinski definition) is 0. The predicted octanol–water partition coefficient (Wildman–Crippen LogP) is -0.701. The summed E-state index contributed by atoms with van der Waals surface area (Å²) in [5.41, 5.74) is 1.36. The molecule has 1 rings (SSSR count). The van der Waals surface area contributed by atoms with E-state index >= 15 is 0 Å². The first-order valence-corrected chi connectivity index (χ1v) is 4.91. The van der Waals surface area contributed by atoms with Crippen LogP contribution in [0.15, 0.2) is 30.3 Å². The van der Waals surface area contributed by atoms with E-state index in [1.165, 1.54) is 5.56 Å². The Balaban J connectivity index is 0. The molecule has 0 aliphatic rings. The number of rotatable bonds is 4. The molecule has 0 aromatic heterocycles. The summed E-state index contributed by atoms with van der Waals surface area (Å²) >= 11 is 0. The van der Waals surface area contributed by atoms with Gasteiger partial charge in [0.05, 0.1) is 6.54 Å². The second kappa shape index (κ2) is 7.34.